The van der Waals surface area contributed by atoms with Gasteiger partial charge in [0, 0.05) is 25.6 Å². The first-order valence-electron chi connectivity index (χ1n) is 8.64. The molecule has 3 heterocycles. The van der Waals surface area contributed by atoms with E-state index < -0.39 is 6.10 Å². The van der Waals surface area contributed by atoms with Gasteiger partial charge in [-0.3, -0.25) is 9.59 Å². The molecular formula is C16H25N5O3. The molecule has 1 atom stereocenters. The van der Waals surface area contributed by atoms with Gasteiger partial charge in [-0.15, -0.1) is 10.2 Å². The molecule has 0 aromatic carbocycles. The monoisotopic (exact) mass is 335 g/mol. The molecule has 2 amide bonds. The lowest BCUT2D eigenvalue weighted by molar-refractivity contribution is -0.145. The number of likely N-dealkylation sites (tertiary alicyclic amines) is 1. The fraction of sp³-hybridized carbons (Fsp3) is 0.750. The van der Waals surface area contributed by atoms with Crippen molar-refractivity contribution in [2.45, 2.75) is 58.2 Å². The second kappa shape index (κ2) is 6.88. The summed E-state index contributed by atoms with van der Waals surface area (Å²) in [6.45, 7) is 6.40. The zero-order chi connectivity index (χ0) is 17.3. The average Bonchev–Trinajstić information content (AvgIpc) is 2.93. The number of aromatic nitrogens is 3. The van der Waals surface area contributed by atoms with E-state index >= 15 is 0 Å². The highest BCUT2D eigenvalue weighted by molar-refractivity contribution is 5.87. The van der Waals surface area contributed by atoms with Crippen molar-refractivity contribution in [2.75, 3.05) is 19.6 Å². The number of rotatable bonds is 3. The molecule has 0 saturated carbocycles. The molecule has 0 spiro atoms. The predicted octanol–water partition coefficient (Wildman–Crippen LogP) is 0.117. The van der Waals surface area contributed by atoms with Crippen LogP contribution in [0.2, 0.25) is 0 Å². The van der Waals surface area contributed by atoms with Gasteiger partial charge in [0.1, 0.15) is 11.9 Å². The molecule has 1 fully saturated rings. The van der Waals surface area contributed by atoms with Crippen LogP contribution >= 0.6 is 0 Å². The number of hydrogen-bond donors (Lipinski definition) is 1. The fourth-order valence-corrected chi connectivity index (χ4v) is 3.33. The quantitative estimate of drug-likeness (QED) is 0.847. The fourth-order valence-electron chi connectivity index (χ4n) is 3.33. The van der Waals surface area contributed by atoms with Gasteiger partial charge in [-0.25, -0.2) is 0 Å². The lowest BCUT2D eigenvalue weighted by Crippen LogP contribution is -2.47. The summed E-state index contributed by atoms with van der Waals surface area (Å²) in [5, 5.41) is 18.2. The molecule has 1 aromatic rings. The molecule has 1 saturated heterocycles. The number of carbonyl (C=O) groups is 2. The second-order valence-corrected chi connectivity index (χ2v) is 6.87. The maximum Gasteiger partial charge on any atom is 0.251 e. The Hall–Kier alpha value is -1.96. The largest absolute Gasteiger partial charge is 0.383 e. The van der Waals surface area contributed by atoms with Gasteiger partial charge in [0.25, 0.3) is 5.91 Å². The summed E-state index contributed by atoms with van der Waals surface area (Å²) in [5.74, 6) is 1.61. The molecule has 132 valence electrons. The molecule has 3 rings (SSSR count). The highest BCUT2D eigenvalue weighted by Gasteiger charge is 2.30. The Morgan fingerprint density at radius 2 is 2.04 bits per heavy atom. The van der Waals surface area contributed by atoms with Crippen LogP contribution in [0, 0.1) is 0 Å². The Kier molecular flexibility index (Phi) is 4.84. The average molecular weight is 335 g/mol. The van der Waals surface area contributed by atoms with Crippen molar-refractivity contribution >= 4 is 11.8 Å². The van der Waals surface area contributed by atoms with Crippen molar-refractivity contribution in [3.63, 3.8) is 0 Å². The number of carbonyl (C=O) groups excluding carboxylic acids is 2. The van der Waals surface area contributed by atoms with Gasteiger partial charge in [-0.1, -0.05) is 13.8 Å². The SMILES string of the molecule is CC(C)c1nnc2n1CCN(C(=O)CN1CCCCC(O)C1=O)C2. The van der Waals surface area contributed by atoms with E-state index in [4.69, 9.17) is 0 Å². The van der Waals surface area contributed by atoms with Crippen LogP contribution in [0.15, 0.2) is 0 Å². The van der Waals surface area contributed by atoms with Crippen LogP contribution in [0.5, 0.6) is 0 Å². The van der Waals surface area contributed by atoms with Gasteiger partial charge >= 0.3 is 0 Å². The number of aliphatic hydroxyl groups is 1. The van der Waals surface area contributed by atoms with E-state index in [2.05, 4.69) is 28.6 Å². The molecule has 0 aliphatic carbocycles. The molecule has 1 aromatic heterocycles. The number of aliphatic hydroxyl groups excluding tert-OH is 1. The van der Waals surface area contributed by atoms with Crippen LogP contribution in [0.3, 0.4) is 0 Å². The van der Waals surface area contributed by atoms with E-state index in [9.17, 15) is 14.7 Å². The lowest BCUT2D eigenvalue weighted by atomic mass is 10.2. The Balaban J connectivity index is 1.65. The van der Waals surface area contributed by atoms with Gasteiger partial charge in [0.15, 0.2) is 5.82 Å². The van der Waals surface area contributed by atoms with Crippen LogP contribution in [0.4, 0.5) is 0 Å². The van der Waals surface area contributed by atoms with E-state index in [0.29, 0.717) is 38.5 Å². The summed E-state index contributed by atoms with van der Waals surface area (Å²) < 4.78 is 2.08. The number of nitrogens with zero attached hydrogens (tertiary/aromatic N) is 5. The Morgan fingerprint density at radius 3 is 2.79 bits per heavy atom. The second-order valence-electron chi connectivity index (χ2n) is 6.87. The van der Waals surface area contributed by atoms with E-state index in [1.54, 1.807) is 4.90 Å². The molecule has 0 radical (unpaired) electrons. The molecular weight excluding hydrogens is 310 g/mol. The summed E-state index contributed by atoms with van der Waals surface area (Å²) in [7, 11) is 0. The summed E-state index contributed by atoms with van der Waals surface area (Å²) in [5.41, 5.74) is 0. The minimum absolute atomic E-state index is 0.0288. The Bertz CT molecular complexity index is 627. The van der Waals surface area contributed by atoms with Crippen molar-refractivity contribution in [3.8, 4) is 0 Å². The maximum absolute atomic E-state index is 12.6. The topological polar surface area (TPSA) is 91.6 Å². The van der Waals surface area contributed by atoms with Crippen LogP contribution in [0.25, 0.3) is 0 Å². The summed E-state index contributed by atoms with van der Waals surface area (Å²) in [6, 6.07) is 0. The molecule has 2 aliphatic heterocycles. The molecule has 0 bridgehead atoms. The van der Waals surface area contributed by atoms with E-state index in [0.717, 1.165) is 24.5 Å². The molecule has 24 heavy (non-hydrogen) atoms. The molecule has 1 unspecified atom stereocenters. The summed E-state index contributed by atoms with van der Waals surface area (Å²) in [4.78, 5) is 27.9. The van der Waals surface area contributed by atoms with Crippen molar-refractivity contribution in [3.05, 3.63) is 11.6 Å². The Labute approximate surface area is 141 Å². The maximum atomic E-state index is 12.6. The highest BCUT2D eigenvalue weighted by atomic mass is 16.3. The normalized spacial score (nSPS) is 21.8. The van der Waals surface area contributed by atoms with Crippen molar-refractivity contribution in [1.29, 1.82) is 0 Å². The van der Waals surface area contributed by atoms with Crippen LogP contribution in [-0.4, -0.2) is 67.2 Å². The first-order valence-corrected chi connectivity index (χ1v) is 8.64. The third-order valence-corrected chi connectivity index (χ3v) is 4.73. The van der Waals surface area contributed by atoms with Crippen LogP contribution in [0.1, 0.15) is 50.7 Å². The van der Waals surface area contributed by atoms with E-state index in [-0.39, 0.29) is 18.4 Å². The zero-order valence-electron chi connectivity index (χ0n) is 14.3. The summed E-state index contributed by atoms with van der Waals surface area (Å²) >= 11 is 0. The first kappa shape index (κ1) is 16.9. The van der Waals surface area contributed by atoms with Gasteiger partial charge in [-0.05, 0) is 19.3 Å². The molecule has 2 aliphatic rings. The predicted molar refractivity (Wildman–Crippen MR) is 86.0 cm³/mol. The van der Waals surface area contributed by atoms with Crippen molar-refractivity contribution < 1.29 is 14.7 Å². The number of fused-ring (bicyclic) bond motifs is 1. The molecule has 8 heteroatoms. The van der Waals surface area contributed by atoms with Gasteiger partial charge < -0.3 is 19.5 Å². The standard InChI is InChI=1S/C16H25N5O3/c1-11(2)15-18-17-13-9-19(7-8-21(13)15)14(23)10-20-6-4-3-5-12(22)16(20)24/h11-12,22H,3-10H2,1-2H3. The number of amides is 2. The highest BCUT2D eigenvalue weighted by Crippen LogP contribution is 2.19. The van der Waals surface area contributed by atoms with Crippen molar-refractivity contribution in [2.24, 2.45) is 0 Å². The van der Waals surface area contributed by atoms with Crippen LogP contribution in [-0.2, 0) is 22.7 Å². The number of hydrogen-bond acceptors (Lipinski definition) is 5. The smallest absolute Gasteiger partial charge is 0.251 e. The van der Waals surface area contributed by atoms with Crippen molar-refractivity contribution in [1.82, 2.24) is 24.6 Å². The third kappa shape index (κ3) is 3.28. The Morgan fingerprint density at radius 1 is 1.25 bits per heavy atom. The van der Waals surface area contributed by atoms with E-state index in [1.807, 2.05) is 0 Å². The van der Waals surface area contributed by atoms with Gasteiger partial charge in [0.2, 0.25) is 5.91 Å². The van der Waals surface area contributed by atoms with Crippen LogP contribution < -0.4 is 0 Å². The minimum atomic E-state index is -0.974. The minimum Gasteiger partial charge on any atom is -0.383 e. The first-order chi connectivity index (χ1) is 11.5. The van der Waals surface area contributed by atoms with E-state index in [1.165, 1.54) is 4.90 Å². The third-order valence-electron chi connectivity index (χ3n) is 4.73. The zero-order valence-corrected chi connectivity index (χ0v) is 14.3. The van der Waals surface area contributed by atoms with Gasteiger partial charge in [0.05, 0.1) is 13.1 Å². The molecule has 1 N–H and O–H groups in total. The lowest BCUT2D eigenvalue weighted by Gasteiger charge is -2.30. The van der Waals surface area contributed by atoms with Gasteiger partial charge in [-0.2, -0.15) is 0 Å². The summed E-state index contributed by atoms with van der Waals surface area (Å²) in [6.07, 6.45) is 1.14. The molecule has 8 nitrogen and oxygen atoms in total.